The van der Waals surface area contributed by atoms with E-state index in [9.17, 15) is 0 Å². The minimum atomic E-state index is 0. The molecule has 4 heteroatoms. The van der Waals surface area contributed by atoms with Gasteiger partial charge in [-0.15, -0.1) is 24.7 Å². The van der Waals surface area contributed by atoms with Crippen LogP contribution in [-0.4, -0.2) is 6.54 Å². The van der Waals surface area contributed by atoms with E-state index >= 15 is 0 Å². The van der Waals surface area contributed by atoms with Crippen molar-refractivity contribution in [1.29, 1.82) is 0 Å². The van der Waals surface area contributed by atoms with Crippen molar-refractivity contribution in [3.63, 3.8) is 0 Å². The first-order valence-electron chi connectivity index (χ1n) is 3.34. The molecule has 1 aromatic carbocycles. The number of hydrogen-bond acceptors (Lipinski definition) is 3. The number of nitrogens with two attached hydrogens (primary N) is 2. The first kappa shape index (κ1) is 15.1. The largest absolute Gasteiger partial charge is 0.436 e. The second-order valence-corrected chi connectivity index (χ2v) is 2.21. The summed E-state index contributed by atoms with van der Waals surface area (Å²) in [4.78, 5) is 0. The van der Waals surface area contributed by atoms with Crippen molar-refractivity contribution in [2.24, 2.45) is 0 Å². The Balaban J connectivity index is 0. The van der Waals surface area contributed by atoms with Gasteiger partial charge in [0.05, 0.1) is 0 Å². The van der Waals surface area contributed by atoms with Crippen LogP contribution in [0.15, 0.2) is 12.1 Å². The number of nitrogen functional groups attached to an aromatic ring is 2. The predicted molar refractivity (Wildman–Crippen MR) is 54.4 cm³/mol. The van der Waals surface area contributed by atoms with Gasteiger partial charge in [-0.25, -0.2) is 0 Å². The molecule has 0 aliphatic rings. The second-order valence-electron chi connectivity index (χ2n) is 2.21. The van der Waals surface area contributed by atoms with Gasteiger partial charge in [0.15, 0.2) is 0 Å². The number of hydrogen-bond donors (Lipinski definition) is 3. The Labute approximate surface area is 103 Å². The van der Waals surface area contributed by atoms with Crippen LogP contribution < -0.4 is 16.8 Å². The van der Waals surface area contributed by atoms with Crippen LogP contribution in [0.1, 0.15) is 0 Å². The molecule has 5 N–H and O–H groups in total. The summed E-state index contributed by atoms with van der Waals surface area (Å²) in [5, 5.41) is 2.96. The van der Waals surface area contributed by atoms with Crippen molar-refractivity contribution in [3.05, 3.63) is 32.5 Å². The number of rotatable bonds is 2. The maximum atomic E-state index is 5.53. The summed E-state index contributed by atoms with van der Waals surface area (Å²) in [5.41, 5.74) is 13.0. The van der Waals surface area contributed by atoms with Crippen LogP contribution in [0.2, 0.25) is 0 Å². The number of benzene rings is 1. The van der Waals surface area contributed by atoms with E-state index in [1.807, 2.05) is 0 Å². The summed E-state index contributed by atoms with van der Waals surface area (Å²) >= 11 is 0. The topological polar surface area (TPSA) is 64.1 Å². The molecule has 0 fully saturated rings. The fourth-order valence-corrected chi connectivity index (χ4v) is 0.845. The summed E-state index contributed by atoms with van der Waals surface area (Å²) in [5.74, 6) is 0. The van der Waals surface area contributed by atoms with Crippen molar-refractivity contribution in [2.75, 3.05) is 23.3 Å². The van der Waals surface area contributed by atoms with Crippen molar-refractivity contribution in [3.8, 4) is 0 Å². The van der Waals surface area contributed by atoms with E-state index in [0.717, 1.165) is 5.69 Å². The smallest absolute Gasteiger partial charge is 0 e. The molecule has 0 atom stereocenters. The second kappa shape index (κ2) is 7.08. The Morgan fingerprint density at radius 3 is 2.46 bits per heavy atom. The van der Waals surface area contributed by atoms with Crippen LogP contribution in [0.4, 0.5) is 17.1 Å². The first-order valence-corrected chi connectivity index (χ1v) is 3.34. The zero-order valence-corrected chi connectivity index (χ0v) is 11.4. The van der Waals surface area contributed by atoms with Crippen molar-refractivity contribution < 1.29 is 29.9 Å². The fraction of sp³-hybridized carbons (Fsp3) is 0.111. The maximum Gasteiger partial charge on any atom is 0 e. The SMILES string of the molecule is [CH2-]CNc1[c-]c(N)cc(N)c1.[CH3-].[Np]. The zero-order chi connectivity index (χ0) is 8.27. The van der Waals surface area contributed by atoms with Crippen molar-refractivity contribution in [2.45, 2.75) is 0 Å². The third-order valence-corrected chi connectivity index (χ3v) is 1.23. The van der Waals surface area contributed by atoms with Crippen LogP contribution in [0.25, 0.3) is 0 Å². The number of nitrogens with one attached hydrogen (secondary N) is 1. The molecule has 1 radical (unpaired) electrons. The Bertz CT molecular complexity index is 230. The molecule has 13 heavy (non-hydrogen) atoms. The van der Waals surface area contributed by atoms with E-state index in [-0.39, 0.29) is 37.4 Å². The Hall–Kier alpha value is -0.367. The Morgan fingerprint density at radius 2 is 2.00 bits per heavy atom. The average molecular weight is 401 g/mol. The standard InChI is InChI=1S/C8H11N3.CH3.Np/c1-2-11-8-4-6(9)3-7(10)5-8;;/h3-4,11H,1-2,9-10H2;1H3;/q-2;-1;. The third kappa shape index (κ3) is 5.04. The van der Waals surface area contributed by atoms with Gasteiger partial charge in [-0.3, -0.25) is 0 Å². The summed E-state index contributed by atoms with van der Waals surface area (Å²) < 4.78 is 0. The van der Waals surface area contributed by atoms with Gasteiger partial charge >= 0.3 is 0 Å². The minimum Gasteiger partial charge on any atom is -0.436 e. The molecule has 0 heterocycles. The van der Waals surface area contributed by atoms with Crippen LogP contribution in [0.3, 0.4) is 0 Å². The van der Waals surface area contributed by atoms with Gasteiger partial charge in [-0.05, 0) is 0 Å². The van der Waals surface area contributed by atoms with Crippen LogP contribution >= 0.6 is 0 Å². The maximum absolute atomic E-state index is 5.53. The van der Waals surface area contributed by atoms with Crippen molar-refractivity contribution in [1.82, 2.24) is 0 Å². The average Bonchev–Trinajstić information content (AvgIpc) is 1.85. The molecular weight excluding hydrogens is 387 g/mol. The molecule has 1 rings (SSSR count). The van der Waals surface area contributed by atoms with Gasteiger partial charge in [-0.2, -0.15) is 0 Å². The van der Waals surface area contributed by atoms with E-state index in [0.29, 0.717) is 17.9 Å². The molecule has 0 aliphatic heterocycles. The molecule has 3 nitrogen and oxygen atoms in total. The van der Waals surface area contributed by atoms with E-state index in [1.54, 1.807) is 12.1 Å². The van der Waals surface area contributed by atoms with E-state index in [1.165, 1.54) is 0 Å². The van der Waals surface area contributed by atoms with E-state index < -0.39 is 0 Å². The summed E-state index contributed by atoms with van der Waals surface area (Å²) in [7, 11) is 0. The van der Waals surface area contributed by atoms with E-state index in [4.69, 9.17) is 11.5 Å². The first-order chi connectivity index (χ1) is 5.22. The molecule has 0 spiro atoms. The molecular formula is C9H14N3Np-3. The number of anilines is 3. The minimum absolute atomic E-state index is 0. The Morgan fingerprint density at radius 1 is 1.38 bits per heavy atom. The zero-order valence-electron chi connectivity index (χ0n) is 7.67. The molecule has 0 saturated heterocycles. The molecule has 0 aromatic heterocycles. The summed E-state index contributed by atoms with van der Waals surface area (Å²) in [6.07, 6.45) is 0. The van der Waals surface area contributed by atoms with Crippen LogP contribution in [-0.2, 0) is 0 Å². The van der Waals surface area contributed by atoms with Gasteiger partial charge < -0.3 is 31.1 Å². The monoisotopic (exact) mass is 400 g/mol. The van der Waals surface area contributed by atoms with Gasteiger partial charge in [0, 0.05) is 29.9 Å². The molecule has 0 saturated carbocycles. The fourth-order valence-electron chi connectivity index (χ4n) is 0.845. The van der Waals surface area contributed by atoms with E-state index in [2.05, 4.69) is 18.3 Å². The van der Waals surface area contributed by atoms with Crippen LogP contribution in [0.5, 0.6) is 0 Å². The molecule has 1 aromatic rings. The van der Waals surface area contributed by atoms with Gasteiger partial charge in [-0.1, -0.05) is 17.1 Å². The normalized spacial score (nSPS) is 8.08. The molecule has 0 bridgehead atoms. The predicted octanol–water partition coefficient (Wildman–Crippen LogP) is 1.35. The molecule has 0 unspecified atom stereocenters. The summed E-state index contributed by atoms with van der Waals surface area (Å²) in [6.45, 7) is 4.22. The molecule has 73 valence electrons. The molecule has 0 aliphatic carbocycles. The third-order valence-electron chi connectivity index (χ3n) is 1.23. The van der Waals surface area contributed by atoms with Gasteiger partial charge in [0.1, 0.15) is 0 Å². The van der Waals surface area contributed by atoms with Crippen LogP contribution in [0, 0.1) is 50.4 Å². The van der Waals surface area contributed by atoms with Crippen molar-refractivity contribution >= 4 is 17.1 Å². The quantitative estimate of drug-likeness (QED) is 0.518. The Kier molecular flexibility index (Phi) is 8.23. The van der Waals surface area contributed by atoms with Gasteiger partial charge in [0.25, 0.3) is 0 Å². The summed E-state index contributed by atoms with van der Waals surface area (Å²) in [6, 6.07) is 6.32. The molecule has 0 amide bonds. The van der Waals surface area contributed by atoms with Gasteiger partial charge in [0.2, 0.25) is 0 Å².